The number of nitrogens with zero attached hydrogens (tertiary/aromatic N) is 1. The number of hydrogen-bond donors (Lipinski definition) is 4. The molecule has 1 aromatic heterocycles. The molecule has 0 atom stereocenters. The first-order valence-corrected chi connectivity index (χ1v) is 9.56. The minimum Gasteiger partial charge on any atom is -0.322 e. The number of hydrogen-bond acceptors (Lipinski definition) is 3. The molecule has 3 rings (SSSR count). The van der Waals surface area contributed by atoms with Crippen LogP contribution in [0.15, 0.2) is 64.3 Å². The number of halogens is 1. The van der Waals surface area contributed by atoms with E-state index in [0.717, 1.165) is 16.1 Å². The summed E-state index contributed by atoms with van der Waals surface area (Å²) in [4.78, 5) is 22.9. The van der Waals surface area contributed by atoms with Crippen LogP contribution in [0.3, 0.4) is 0 Å². The maximum absolute atomic E-state index is 11.9. The number of guanidine groups is 1. The third-order valence-electron chi connectivity index (χ3n) is 3.55. The van der Waals surface area contributed by atoms with E-state index in [1.54, 1.807) is 11.8 Å². The first-order chi connectivity index (χ1) is 13.0. The van der Waals surface area contributed by atoms with Crippen LogP contribution in [-0.2, 0) is 5.75 Å². The molecule has 0 bridgehead atoms. The van der Waals surface area contributed by atoms with E-state index in [1.807, 2.05) is 55.5 Å². The molecule has 138 valence electrons. The Hall–Kier alpha value is -2.77. The van der Waals surface area contributed by atoms with Gasteiger partial charge < -0.3 is 5.73 Å². The molecule has 0 saturated carbocycles. The monoisotopic (exact) mass is 400 g/mol. The second-order valence-electron chi connectivity index (χ2n) is 5.86. The fourth-order valence-electron chi connectivity index (χ4n) is 2.37. The molecular formula is C19H19ClN5OS+. The van der Waals surface area contributed by atoms with Crippen LogP contribution in [0.1, 0.15) is 11.3 Å². The van der Waals surface area contributed by atoms with E-state index < -0.39 is 0 Å². The lowest BCUT2D eigenvalue weighted by Crippen LogP contribution is -2.73. The van der Waals surface area contributed by atoms with Gasteiger partial charge in [0.2, 0.25) is 0 Å². The zero-order valence-electron chi connectivity index (χ0n) is 14.6. The van der Waals surface area contributed by atoms with Crippen molar-refractivity contribution in [1.82, 2.24) is 9.97 Å². The van der Waals surface area contributed by atoms with E-state index >= 15 is 0 Å². The summed E-state index contributed by atoms with van der Waals surface area (Å²) in [7, 11) is 0. The molecule has 0 amide bonds. The number of nitrogens with two attached hydrogens (primary N) is 1. The molecule has 27 heavy (non-hydrogen) atoms. The molecule has 1 heterocycles. The number of thioether (sulfide) groups is 1. The van der Waals surface area contributed by atoms with Gasteiger partial charge >= 0.3 is 5.95 Å². The van der Waals surface area contributed by atoms with Crippen LogP contribution in [0.25, 0.3) is 0 Å². The smallest absolute Gasteiger partial charge is 0.322 e. The maximum atomic E-state index is 11.9. The minimum absolute atomic E-state index is 0.248. The number of aryl methyl sites for hydroxylation is 1. The molecule has 0 radical (unpaired) electrons. The van der Waals surface area contributed by atoms with Crippen LogP contribution in [0.4, 0.5) is 11.6 Å². The van der Waals surface area contributed by atoms with E-state index in [-0.39, 0.29) is 17.5 Å². The summed E-state index contributed by atoms with van der Waals surface area (Å²) in [6, 6.07) is 16.8. The fraction of sp³-hybridized carbons (Fsp3) is 0.105. The van der Waals surface area contributed by atoms with Gasteiger partial charge in [0.1, 0.15) is 5.69 Å². The minimum atomic E-state index is -0.248. The van der Waals surface area contributed by atoms with Gasteiger partial charge in [-0.2, -0.15) is 0 Å². The van der Waals surface area contributed by atoms with Crippen molar-refractivity contribution in [3.8, 4) is 0 Å². The second kappa shape index (κ2) is 8.75. The van der Waals surface area contributed by atoms with E-state index in [9.17, 15) is 4.79 Å². The van der Waals surface area contributed by atoms with E-state index in [0.29, 0.717) is 16.5 Å². The molecule has 0 aliphatic carbocycles. The highest BCUT2D eigenvalue weighted by molar-refractivity contribution is 7.98. The molecule has 2 aromatic carbocycles. The summed E-state index contributed by atoms with van der Waals surface area (Å²) in [5.41, 5.74) is 8.33. The molecule has 0 spiro atoms. The zero-order chi connectivity index (χ0) is 19.2. The molecule has 3 aromatic rings. The molecule has 0 saturated heterocycles. The van der Waals surface area contributed by atoms with E-state index in [1.165, 1.54) is 6.07 Å². The van der Waals surface area contributed by atoms with Gasteiger partial charge in [-0.3, -0.25) is 10.1 Å². The maximum Gasteiger partial charge on any atom is 0.325 e. The predicted octanol–water partition coefficient (Wildman–Crippen LogP) is 2.16. The summed E-state index contributed by atoms with van der Waals surface area (Å²) in [5.74, 6) is 1.10. The van der Waals surface area contributed by atoms with E-state index in [2.05, 4.69) is 20.3 Å². The zero-order valence-corrected chi connectivity index (χ0v) is 16.2. The van der Waals surface area contributed by atoms with Gasteiger partial charge in [0.05, 0.1) is 11.4 Å². The highest BCUT2D eigenvalue weighted by Crippen LogP contribution is 2.23. The van der Waals surface area contributed by atoms with Crippen LogP contribution in [-0.4, -0.2) is 15.9 Å². The Morgan fingerprint density at radius 2 is 2.04 bits per heavy atom. The SMILES string of the molecule is Cc1cccc(NC(N)=[NH+]c2nc(CSc3ccc(Cl)cc3)cc(=O)[nH]2)c1. The fourth-order valence-corrected chi connectivity index (χ4v) is 3.28. The quantitative estimate of drug-likeness (QED) is 0.299. The Morgan fingerprint density at radius 1 is 1.26 bits per heavy atom. The Labute approximate surface area is 165 Å². The number of rotatable bonds is 5. The van der Waals surface area contributed by atoms with Crippen molar-refractivity contribution in [3.05, 3.63) is 81.2 Å². The molecule has 0 aliphatic heterocycles. The lowest BCUT2D eigenvalue weighted by Gasteiger charge is -2.03. The number of aromatic nitrogens is 2. The Kier molecular flexibility index (Phi) is 6.16. The second-order valence-corrected chi connectivity index (χ2v) is 7.35. The number of aromatic amines is 1. The standard InChI is InChI=1S/C19H18ClN5OS/c1-12-3-2-4-14(9-12)22-18(21)25-19-23-15(10-17(26)24-19)11-27-16-7-5-13(20)6-8-16/h2-10H,11H2,1H3,(H4,21,22,23,24,25,26)/p+1. The largest absolute Gasteiger partial charge is 0.325 e. The van der Waals surface area contributed by atoms with Crippen LogP contribution in [0.5, 0.6) is 0 Å². The Balaban J connectivity index is 1.72. The number of nitrogens with one attached hydrogen (secondary N) is 3. The predicted molar refractivity (Wildman–Crippen MR) is 110 cm³/mol. The molecule has 6 nitrogen and oxygen atoms in total. The highest BCUT2D eigenvalue weighted by Gasteiger charge is 2.08. The van der Waals surface area contributed by atoms with E-state index in [4.69, 9.17) is 17.3 Å². The Bertz CT molecular complexity index is 1020. The topological polar surface area (TPSA) is 97.8 Å². The number of anilines is 1. The summed E-state index contributed by atoms with van der Waals surface area (Å²) < 4.78 is 0. The van der Waals surface area contributed by atoms with Gasteiger partial charge in [-0.25, -0.2) is 9.98 Å². The lowest BCUT2D eigenvalue weighted by molar-refractivity contribution is -0.365. The third-order valence-corrected chi connectivity index (χ3v) is 4.84. The van der Waals surface area contributed by atoms with Crippen molar-refractivity contribution in [3.63, 3.8) is 0 Å². The molecule has 0 fully saturated rings. The van der Waals surface area contributed by atoms with Gasteiger partial charge in [-0.05, 0) is 48.9 Å². The average molecular weight is 401 g/mol. The van der Waals surface area contributed by atoms with Gasteiger partial charge in [-0.1, -0.05) is 23.7 Å². The molecule has 0 aliphatic rings. The van der Waals surface area contributed by atoms with Crippen molar-refractivity contribution < 1.29 is 4.99 Å². The molecule has 8 heteroatoms. The van der Waals surface area contributed by atoms with Gasteiger partial charge in [0.15, 0.2) is 0 Å². The van der Waals surface area contributed by atoms with Crippen molar-refractivity contribution in [1.29, 1.82) is 0 Å². The van der Waals surface area contributed by atoms with Gasteiger partial charge in [0, 0.05) is 16.0 Å². The van der Waals surface area contributed by atoms with Crippen molar-refractivity contribution in [2.45, 2.75) is 17.6 Å². The summed E-state index contributed by atoms with van der Waals surface area (Å²) >= 11 is 7.46. The first kappa shape index (κ1) is 19.0. The van der Waals surface area contributed by atoms with Crippen LogP contribution in [0, 0.1) is 6.92 Å². The lowest BCUT2D eigenvalue weighted by atomic mass is 10.2. The summed E-state index contributed by atoms with van der Waals surface area (Å²) in [5, 5.41) is 3.72. The highest BCUT2D eigenvalue weighted by atomic mass is 35.5. The normalized spacial score (nSPS) is 11.4. The van der Waals surface area contributed by atoms with Crippen LogP contribution < -0.4 is 21.6 Å². The average Bonchev–Trinajstić information content (AvgIpc) is 2.60. The summed E-state index contributed by atoms with van der Waals surface area (Å²) in [6.07, 6.45) is 0. The van der Waals surface area contributed by atoms with Crippen LogP contribution >= 0.6 is 23.4 Å². The number of H-pyrrole nitrogens is 1. The Morgan fingerprint density at radius 3 is 2.78 bits per heavy atom. The van der Waals surface area contributed by atoms with Crippen molar-refractivity contribution >= 4 is 41.0 Å². The molecule has 5 N–H and O–H groups in total. The van der Waals surface area contributed by atoms with Gasteiger partial charge in [-0.15, -0.1) is 16.7 Å². The molecule has 0 unspecified atom stereocenters. The first-order valence-electron chi connectivity index (χ1n) is 8.20. The van der Waals surface area contributed by atoms with Crippen molar-refractivity contribution in [2.24, 2.45) is 5.73 Å². The third kappa shape index (κ3) is 5.87. The molecular weight excluding hydrogens is 382 g/mol. The number of benzene rings is 2. The van der Waals surface area contributed by atoms with Crippen LogP contribution in [0.2, 0.25) is 5.02 Å². The summed E-state index contributed by atoms with van der Waals surface area (Å²) in [6.45, 7) is 2.00. The van der Waals surface area contributed by atoms with Crippen molar-refractivity contribution in [2.75, 3.05) is 5.32 Å². The van der Waals surface area contributed by atoms with Gasteiger partial charge in [0.25, 0.3) is 11.5 Å².